The summed E-state index contributed by atoms with van der Waals surface area (Å²) in [5, 5.41) is 1.48. The molecule has 0 saturated heterocycles. The Morgan fingerprint density at radius 3 is 2.36 bits per heavy atom. The first-order valence-corrected chi connectivity index (χ1v) is 9.91. The van der Waals surface area contributed by atoms with E-state index in [9.17, 15) is 0 Å². The maximum atomic E-state index is 6.19. The van der Waals surface area contributed by atoms with Gasteiger partial charge in [0.15, 0.2) is 0 Å². The van der Waals surface area contributed by atoms with Gasteiger partial charge in [0, 0.05) is 16.6 Å². The highest BCUT2D eigenvalue weighted by molar-refractivity contribution is 6.30. The Morgan fingerprint density at radius 2 is 1.61 bits per heavy atom. The minimum atomic E-state index is 0.708. The molecular formula is C24H20Cl2N2. The maximum absolute atomic E-state index is 6.19. The predicted octanol–water partition coefficient (Wildman–Crippen LogP) is 7.18. The third-order valence-electron chi connectivity index (χ3n) is 4.92. The Kier molecular flexibility index (Phi) is 5.25. The molecule has 1 aromatic heterocycles. The summed E-state index contributed by atoms with van der Waals surface area (Å²) in [6.45, 7) is 4.96. The number of halogens is 2. The molecule has 0 atom stereocenters. The first-order chi connectivity index (χ1) is 13.5. The Labute approximate surface area is 175 Å². The smallest absolute Gasteiger partial charge is 0.134 e. The van der Waals surface area contributed by atoms with E-state index >= 15 is 0 Å². The van der Waals surface area contributed by atoms with Crippen LogP contribution >= 0.6 is 23.2 Å². The van der Waals surface area contributed by atoms with E-state index in [0.717, 1.165) is 38.0 Å². The molecule has 0 radical (unpaired) electrons. The second kappa shape index (κ2) is 7.83. The zero-order valence-electron chi connectivity index (χ0n) is 15.8. The normalized spacial score (nSPS) is 11.6. The zero-order chi connectivity index (χ0) is 19.7. The molecule has 0 fully saturated rings. The van der Waals surface area contributed by atoms with E-state index in [4.69, 9.17) is 28.2 Å². The van der Waals surface area contributed by atoms with Gasteiger partial charge in [0.1, 0.15) is 5.82 Å². The largest absolute Gasteiger partial charge is 0.320 e. The third-order valence-corrected chi connectivity index (χ3v) is 5.40. The van der Waals surface area contributed by atoms with E-state index in [2.05, 4.69) is 48.8 Å². The van der Waals surface area contributed by atoms with Crippen LogP contribution in [0.3, 0.4) is 0 Å². The van der Waals surface area contributed by atoms with Gasteiger partial charge in [-0.05, 0) is 78.6 Å². The monoisotopic (exact) mass is 406 g/mol. The van der Waals surface area contributed by atoms with Crippen LogP contribution in [0.5, 0.6) is 0 Å². The molecule has 4 rings (SSSR count). The Balaban J connectivity index is 1.80. The van der Waals surface area contributed by atoms with Crippen molar-refractivity contribution in [3.05, 3.63) is 98.8 Å². The number of aryl methyl sites for hydroxylation is 2. The molecule has 0 aliphatic heterocycles. The summed E-state index contributed by atoms with van der Waals surface area (Å²) >= 11 is 12.2. The van der Waals surface area contributed by atoms with Crippen LogP contribution in [-0.2, 0) is 6.54 Å². The number of hydrogen-bond acceptors (Lipinski definition) is 1. The highest BCUT2D eigenvalue weighted by atomic mass is 35.5. The molecule has 0 N–H and O–H groups in total. The van der Waals surface area contributed by atoms with E-state index in [-0.39, 0.29) is 0 Å². The molecule has 0 bridgehead atoms. The Hall–Kier alpha value is -2.55. The van der Waals surface area contributed by atoms with Crippen molar-refractivity contribution in [1.29, 1.82) is 0 Å². The molecule has 4 heteroatoms. The molecule has 140 valence electrons. The van der Waals surface area contributed by atoms with Crippen LogP contribution in [0.4, 0.5) is 0 Å². The van der Waals surface area contributed by atoms with Crippen molar-refractivity contribution >= 4 is 46.4 Å². The van der Waals surface area contributed by atoms with E-state index in [1.54, 1.807) is 0 Å². The van der Waals surface area contributed by atoms with Gasteiger partial charge in [0.2, 0.25) is 0 Å². The number of imidazole rings is 1. The number of rotatable bonds is 4. The van der Waals surface area contributed by atoms with Crippen LogP contribution in [0.2, 0.25) is 10.0 Å². The predicted molar refractivity (Wildman–Crippen MR) is 120 cm³/mol. The van der Waals surface area contributed by atoms with Crippen LogP contribution < -0.4 is 0 Å². The van der Waals surface area contributed by atoms with Crippen molar-refractivity contribution in [1.82, 2.24) is 9.55 Å². The van der Waals surface area contributed by atoms with Gasteiger partial charge >= 0.3 is 0 Å². The highest BCUT2D eigenvalue weighted by Crippen LogP contribution is 2.24. The number of hydrogen-bond donors (Lipinski definition) is 0. The molecule has 0 unspecified atom stereocenters. The molecule has 1 heterocycles. The van der Waals surface area contributed by atoms with Crippen LogP contribution in [0.15, 0.2) is 60.7 Å². The second-order valence-corrected chi connectivity index (χ2v) is 7.87. The minimum absolute atomic E-state index is 0.708. The topological polar surface area (TPSA) is 17.8 Å². The van der Waals surface area contributed by atoms with Crippen molar-refractivity contribution in [2.75, 3.05) is 0 Å². The van der Waals surface area contributed by atoms with Crippen LogP contribution in [-0.4, -0.2) is 9.55 Å². The lowest BCUT2D eigenvalue weighted by Crippen LogP contribution is -2.02. The van der Waals surface area contributed by atoms with E-state index in [1.165, 1.54) is 11.1 Å². The van der Waals surface area contributed by atoms with Gasteiger partial charge in [0.05, 0.1) is 11.0 Å². The lowest BCUT2D eigenvalue weighted by Gasteiger charge is -2.09. The van der Waals surface area contributed by atoms with Crippen LogP contribution in [0.25, 0.3) is 23.2 Å². The standard InChI is InChI=1S/C24H20Cl2N2/c1-16-12-22-23(13-17(16)2)28(15-19-4-3-5-21(26)14-19)24(27-22)11-8-18-6-9-20(25)10-7-18/h3-14H,15H2,1-2H3. The van der Waals surface area contributed by atoms with Crippen molar-refractivity contribution in [2.45, 2.75) is 20.4 Å². The molecule has 4 aromatic rings. The van der Waals surface area contributed by atoms with Gasteiger partial charge in [-0.2, -0.15) is 0 Å². The summed E-state index contributed by atoms with van der Waals surface area (Å²) in [6.07, 6.45) is 4.12. The maximum Gasteiger partial charge on any atom is 0.134 e. The van der Waals surface area contributed by atoms with Gasteiger partial charge in [-0.1, -0.05) is 53.5 Å². The third kappa shape index (κ3) is 3.99. The van der Waals surface area contributed by atoms with Crippen LogP contribution in [0, 0.1) is 13.8 Å². The summed E-state index contributed by atoms with van der Waals surface area (Å²) in [5.74, 6) is 0.912. The second-order valence-electron chi connectivity index (χ2n) is 7.00. The number of fused-ring (bicyclic) bond motifs is 1. The van der Waals surface area contributed by atoms with Gasteiger partial charge in [-0.3, -0.25) is 0 Å². The van der Waals surface area contributed by atoms with Gasteiger partial charge in [-0.15, -0.1) is 0 Å². The summed E-state index contributed by atoms with van der Waals surface area (Å²) < 4.78 is 2.24. The summed E-state index contributed by atoms with van der Waals surface area (Å²) in [7, 11) is 0. The van der Waals surface area contributed by atoms with Crippen molar-refractivity contribution in [2.24, 2.45) is 0 Å². The fourth-order valence-electron chi connectivity index (χ4n) is 3.25. The molecule has 0 aliphatic carbocycles. The average Bonchev–Trinajstić information content (AvgIpc) is 2.98. The average molecular weight is 407 g/mol. The lowest BCUT2D eigenvalue weighted by molar-refractivity contribution is 0.813. The first kappa shape index (κ1) is 18.8. The van der Waals surface area contributed by atoms with Crippen LogP contribution in [0.1, 0.15) is 28.1 Å². The molecule has 0 spiro atoms. The quantitative estimate of drug-likeness (QED) is 0.350. The summed E-state index contributed by atoms with van der Waals surface area (Å²) in [5.41, 5.74) is 6.85. The molecule has 0 aliphatic rings. The van der Waals surface area contributed by atoms with Crippen molar-refractivity contribution in [3.63, 3.8) is 0 Å². The van der Waals surface area contributed by atoms with Gasteiger partial charge in [0.25, 0.3) is 0 Å². The zero-order valence-corrected chi connectivity index (χ0v) is 17.3. The lowest BCUT2D eigenvalue weighted by atomic mass is 10.1. The fourth-order valence-corrected chi connectivity index (χ4v) is 3.59. The molecule has 28 heavy (non-hydrogen) atoms. The first-order valence-electron chi connectivity index (χ1n) is 9.15. The minimum Gasteiger partial charge on any atom is -0.320 e. The number of aromatic nitrogens is 2. The number of nitrogens with zero attached hydrogens (tertiary/aromatic N) is 2. The number of benzene rings is 3. The Bertz CT molecular complexity index is 1170. The fraction of sp³-hybridized carbons (Fsp3) is 0.125. The van der Waals surface area contributed by atoms with Gasteiger partial charge in [-0.25, -0.2) is 4.98 Å². The van der Waals surface area contributed by atoms with Crippen molar-refractivity contribution in [3.8, 4) is 0 Å². The molecule has 0 amide bonds. The van der Waals surface area contributed by atoms with Gasteiger partial charge < -0.3 is 4.57 Å². The highest BCUT2D eigenvalue weighted by Gasteiger charge is 2.11. The summed E-state index contributed by atoms with van der Waals surface area (Å²) in [6, 6.07) is 20.1. The van der Waals surface area contributed by atoms with E-state index in [0.29, 0.717) is 6.54 Å². The summed E-state index contributed by atoms with van der Waals surface area (Å²) in [4.78, 5) is 4.88. The Morgan fingerprint density at radius 1 is 0.857 bits per heavy atom. The van der Waals surface area contributed by atoms with E-state index in [1.807, 2.05) is 42.5 Å². The molecule has 0 saturated carbocycles. The van der Waals surface area contributed by atoms with Crippen molar-refractivity contribution < 1.29 is 0 Å². The molecule has 2 nitrogen and oxygen atoms in total. The molecular weight excluding hydrogens is 387 g/mol. The SMILES string of the molecule is Cc1cc2nc(C=Cc3ccc(Cl)cc3)n(Cc3cccc(Cl)c3)c2cc1C. The molecule has 3 aromatic carbocycles. The van der Waals surface area contributed by atoms with E-state index < -0.39 is 0 Å².